The highest BCUT2D eigenvalue weighted by atomic mass is 32.1. The Kier molecular flexibility index (Phi) is 6.99. The second-order valence-electron chi connectivity index (χ2n) is 8.37. The van der Waals surface area contributed by atoms with Gasteiger partial charge < -0.3 is 9.64 Å². The zero-order valence-corrected chi connectivity index (χ0v) is 19.7. The fourth-order valence-corrected chi connectivity index (χ4v) is 5.09. The molecule has 5 rings (SSSR count). The maximum Gasteiger partial charge on any atom is 0.253 e. The van der Waals surface area contributed by atoms with Gasteiger partial charge in [0.1, 0.15) is 5.82 Å². The zero-order chi connectivity index (χ0) is 23.3. The second kappa shape index (κ2) is 10.5. The largest absolute Gasteiger partial charge is 0.379 e. The molecule has 1 aliphatic rings. The van der Waals surface area contributed by atoms with Gasteiger partial charge >= 0.3 is 0 Å². The number of benzene rings is 2. The number of thiazole rings is 1. The molecule has 0 atom stereocenters. The fourth-order valence-electron chi connectivity index (χ4n) is 4.18. The van der Waals surface area contributed by atoms with Crippen LogP contribution in [0.15, 0.2) is 66.2 Å². The van der Waals surface area contributed by atoms with Gasteiger partial charge in [0.05, 0.1) is 18.9 Å². The van der Waals surface area contributed by atoms with Gasteiger partial charge in [0.15, 0.2) is 4.96 Å². The van der Waals surface area contributed by atoms with E-state index in [9.17, 15) is 9.18 Å². The van der Waals surface area contributed by atoms with Crippen LogP contribution in [0, 0.1) is 5.82 Å². The molecule has 34 heavy (non-hydrogen) atoms. The minimum absolute atomic E-state index is 0.0537. The van der Waals surface area contributed by atoms with Crippen LogP contribution in [0.4, 0.5) is 4.39 Å². The first-order chi connectivity index (χ1) is 16.7. The Morgan fingerprint density at radius 1 is 1.06 bits per heavy atom. The number of amides is 1. The molecule has 6 nitrogen and oxygen atoms in total. The molecule has 3 heterocycles. The molecule has 0 radical (unpaired) electrons. The number of ether oxygens (including phenoxy) is 1. The van der Waals surface area contributed by atoms with Gasteiger partial charge in [-0.25, -0.2) is 9.37 Å². The number of rotatable bonds is 8. The molecule has 1 aliphatic heterocycles. The quantitative estimate of drug-likeness (QED) is 0.381. The summed E-state index contributed by atoms with van der Waals surface area (Å²) in [4.78, 5) is 23.2. The molecular formula is C26H27FN4O2S. The van der Waals surface area contributed by atoms with Gasteiger partial charge in [-0.1, -0.05) is 18.2 Å². The minimum atomic E-state index is -0.259. The number of hydrogen-bond acceptors (Lipinski definition) is 5. The van der Waals surface area contributed by atoms with Crippen molar-refractivity contribution in [2.75, 3.05) is 45.9 Å². The molecule has 1 fully saturated rings. The summed E-state index contributed by atoms with van der Waals surface area (Å²) >= 11 is 1.58. The third-order valence-electron chi connectivity index (χ3n) is 6.16. The SMILES string of the molecule is O=C(c1ccccc1)N(CCc1csc2nc(-c3ccc(F)cc3)cn12)CCN1CCOCC1. The van der Waals surface area contributed by atoms with Gasteiger partial charge in [-0.05, 0) is 36.4 Å². The van der Waals surface area contributed by atoms with E-state index in [-0.39, 0.29) is 11.7 Å². The Balaban J connectivity index is 1.31. The molecule has 2 aromatic heterocycles. The van der Waals surface area contributed by atoms with Crippen molar-refractivity contribution < 1.29 is 13.9 Å². The monoisotopic (exact) mass is 478 g/mol. The molecule has 1 amide bonds. The average Bonchev–Trinajstić information content (AvgIpc) is 3.47. The maximum absolute atomic E-state index is 13.3. The summed E-state index contributed by atoms with van der Waals surface area (Å²) in [5, 5.41) is 2.10. The smallest absolute Gasteiger partial charge is 0.253 e. The first-order valence-electron chi connectivity index (χ1n) is 11.5. The van der Waals surface area contributed by atoms with Crippen molar-refractivity contribution in [2.45, 2.75) is 6.42 Å². The van der Waals surface area contributed by atoms with Gasteiger partial charge in [-0.3, -0.25) is 14.1 Å². The van der Waals surface area contributed by atoms with E-state index in [0.29, 0.717) is 18.7 Å². The van der Waals surface area contributed by atoms with Crippen molar-refractivity contribution in [3.8, 4) is 11.3 Å². The molecular weight excluding hydrogens is 451 g/mol. The van der Waals surface area contributed by atoms with Crippen LogP contribution in [0.25, 0.3) is 16.2 Å². The van der Waals surface area contributed by atoms with Crippen molar-refractivity contribution in [1.82, 2.24) is 19.2 Å². The highest BCUT2D eigenvalue weighted by Gasteiger charge is 2.19. The standard InChI is InChI=1S/C26H27FN4O2S/c27-22-8-6-20(7-9-22)24-18-31-23(19-34-26(31)28-24)10-11-30(13-12-29-14-16-33-17-15-29)25(32)21-4-2-1-3-5-21/h1-9,18-19H,10-17H2. The van der Waals surface area contributed by atoms with Gasteiger partial charge in [-0.15, -0.1) is 11.3 Å². The number of carbonyl (C=O) groups excluding carboxylic acids is 1. The van der Waals surface area contributed by atoms with Gasteiger partial charge in [0.25, 0.3) is 5.91 Å². The van der Waals surface area contributed by atoms with Crippen molar-refractivity contribution in [1.29, 1.82) is 0 Å². The lowest BCUT2D eigenvalue weighted by molar-refractivity contribution is 0.0325. The molecule has 8 heteroatoms. The van der Waals surface area contributed by atoms with E-state index in [1.807, 2.05) is 41.4 Å². The number of fused-ring (bicyclic) bond motifs is 1. The van der Waals surface area contributed by atoms with Crippen LogP contribution >= 0.6 is 11.3 Å². The Labute approximate surface area is 202 Å². The zero-order valence-electron chi connectivity index (χ0n) is 18.9. The maximum atomic E-state index is 13.3. The fraction of sp³-hybridized carbons (Fsp3) is 0.308. The number of aromatic nitrogens is 2. The van der Waals surface area contributed by atoms with Crippen molar-refractivity contribution in [2.24, 2.45) is 0 Å². The first kappa shape index (κ1) is 22.7. The van der Waals surface area contributed by atoms with E-state index in [2.05, 4.69) is 14.7 Å². The van der Waals surface area contributed by atoms with Crippen LogP contribution < -0.4 is 0 Å². The first-order valence-corrected chi connectivity index (χ1v) is 12.4. The van der Waals surface area contributed by atoms with E-state index < -0.39 is 0 Å². The highest BCUT2D eigenvalue weighted by Crippen LogP contribution is 2.24. The lowest BCUT2D eigenvalue weighted by Crippen LogP contribution is -2.43. The Hall–Kier alpha value is -3.07. The lowest BCUT2D eigenvalue weighted by Gasteiger charge is -2.30. The summed E-state index contributed by atoms with van der Waals surface area (Å²) in [6.45, 7) is 5.42. The predicted molar refractivity (Wildman–Crippen MR) is 132 cm³/mol. The Morgan fingerprint density at radius 2 is 1.82 bits per heavy atom. The number of morpholine rings is 1. The van der Waals surface area contributed by atoms with E-state index in [1.165, 1.54) is 12.1 Å². The van der Waals surface area contributed by atoms with Gasteiger partial charge in [0.2, 0.25) is 0 Å². The number of nitrogens with zero attached hydrogens (tertiary/aromatic N) is 4. The summed E-state index contributed by atoms with van der Waals surface area (Å²) in [5.41, 5.74) is 3.52. The number of imidazole rings is 1. The van der Waals surface area contributed by atoms with Crippen LogP contribution in [0.5, 0.6) is 0 Å². The molecule has 0 bridgehead atoms. The molecule has 1 saturated heterocycles. The molecule has 0 aliphatic carbocycles. The van der Waals surface area contributed by atoms with E-state index in [1.54, 1.807) is 23.5 Å². The molecule has 4 aromatic rings. The topological polar surface area (TPSA) is 50.1 Å². The molecule has 0 spiro atoms. The summed E-state index contributed by atoms with van der Waals surface area (Å²) in [6, 6.07) is 15.9. The molecule has 0 N–H and O–H groups in total. The average molecular weight is 479 g/mol. The van der Waals surface area contributed by atoms with Crippen LogP contribution in [0.1, 0.15) is 16.1 Å². The van der Waals surface area contributed by atoms with Crippen LogP contribution in [-0.2, 0) is 11.2 Å². The van der Waals surface area contributed by atoms with Crippen LogP contribution in [-0.4, -0.2) is 71.0 Å². The van der Waals surface area contributed by atoms with Crippen molar-refractivity contribution >= 4 is 22.2 Å². The summed E-state index contributed by atoms with van der Waals surface area (Å²) in [6.07, 6.45) is 2.71. The third-order valence-corrected chi connectivity index (χ3v) is 7.05. The number of hydrogen-bond donors (Lipinski definition) is 0. The van der Waals surface area contributed by atoms with E-state index >= 15 is 0 Å². The van der Waals surface area contributed by atoms with Crippen molar-refractivity contribution in [3.05, 3.63) is 83.2 Å². The van der Waals surface area contributed by atoms with Crippen molar-refractivity contribution in [3.63, 3.8) is 0 Å². The molecule has 0 saturated carbocycles. The summed E-state index contributed by atoms with van der Waals surface area (Å²) < 4.78 is 20.8. The molecule has 176 valence electrons. The summed E-state index contributed by atoms with van der Waals surface area (Å²) in [5.74, 6) is -0.205. The lowest BCUT2D eigenvalue weighted by atomic mass is 10.2. The number of halogens is 1. The Morgan fingerprint density at radius 3 is 2.59 bits per heavy atom. The second-order valence-corrected chi connectivity index (χ2v) is 9.21. The molecule has 2 aromatic carbocycles. The summed E-state index contributed by atoms with van der Waals surface area (Å²) in [7, 11) is 0. The highest BCUT2D eigenvalue weighted by molar-refractivity contribution is 7.15. The van der Waals surface area contributed by atoms with Gasteiger partial charge in [0, 0.05) is 67.5 Å². The van der Waals surface area contributed by atoms with E-state index in [0.717, 1.165) is 61.2 Å². The predicted octanol–water partition coefficient (Wildman–Crippen LogP) is 4.22. The van der Waals surface area contributed by atoms with Crippen LogP contribution in [0.3, 0.4) is 0 Å². The minimum Gasteiger partial charge on any atom is -0.379 e. The number of carbonyl (C=O) groups is 1. The Bertz CT molecular complexity index is 1230. The van der Waals surface area contributed by atoms with E-state index in [4.69, 9.17) is 9.72 Å². The van der Waals surface area contributed by atoms with Crippen LogP contribution in [0.2, 0.25) is 0 Å². The normalized spacial score (nSPS) is 14.5. The van der Waals surface area contributed by atoms with Gasteiger partial charge in [-0.2, -0.15) is 0 Å². The molecule has 0 unspecified atom stereocenters. The third kappa shape index (κ3) is 5.19.